The average molecular weight is 402 g/mol. The zero-order chi connectivity index (χ0) is 20.8. The van der Waals surface area contributed by atoms with Crippen LogP contribution in [0.3, 0.4) is 0 Å². The fourth-order valence-electron chi connectivity index (χ4n) is 4.21. The fraction of sp³-hybridized carbons (Fsp3) is 0.269. The van der Waals surface area contributed by atoms with E-state index in [2.05, 4.69) is 41.3 Å². The molecule has 0 spiro atoms. The Morgan fingerprint density at radius 2 is 1.67 bits per heavy atom. The molecule has 0 saturated carbocycles. The minimum Gasteiger partial charge on any atom is -0.489 e. The maximum Gasteiger partial charge on any atom is 0.307 e. The molecule has 4 heteroatoms. The van der Waals surface area contributed by atoms with Crippen molar-refractivity contribution < 1.29 is 14.6 Å². The summed E-state index contributed by atoms with van der Waals surface area (Å²) < 4.78 is 6.05. The van der Waals surface area contributed by atoms with E-state index in [9.17, 15) is 9.90 Å². The van der Waals surface area contributed by atoms with Gasteiger partial charge in [-0.2, -0.15) is 0 Å². The van der Waals surface area contributed by atoms with Crippen LogP contribution in [0.4, 0.5) is 0 Å². The Kier molecular flexibility index (Phi) is 6.45. The number of carboxylic acids is 1. The molecule has 0 aliphatic carbocycles. The van der Waals surface area contributed by atoms with E-state index in [1.165, 1.54) is 5.56 Å². The third kappa shape index (κ3) is 4.89. The van der Waals surface area contributed by atoms with E-state index < -0.39 is 5.97 Å². The molecule has 3 aromatic rings. The van der Waals surface area contributed by atoms with Crippen LogP contribution in [0, 0.1) is 5.92 Å². The molecular formula is C26H27NO3. The molecule has 2 atom stereocenters. The molecule has 4 rings (SSSR count). The van der Waals surface area contributed by atoms with Crippen LogP contribution in [0.25, 0.3) is 0 Å². The second kappa shape index (κ2) is 9.59. The van der Waals surface area contributed by atoms with E-state index in [0.29, 0.717) is 13.2 Å². The van der Waals surface area contributed by atoms with Crippen LogP contribution >= 0.6 is 0 Å². The lowest BCUT2D eigenvalue weighted by Gasteiger charge is -2.37. The molecule has 0 aromatic heterocycles. The van der Waals surface area contributed by atoms with Crippen molar-refractivity contribution >= 4 is 5.97 Å². The number of carboxylic acid groups (broad SMARTS) is 1. The van der Waals surface area contributed by atoms with Gasteiger partial charge in [0.05, 0.1) is 12.0 Å². The van der Waals surface area contributed by atoms with E-state index in [1.54, 1.807) is 0 Å². The summed E-state index contributed by atoms with van der Waals surface area (Å²) >= 11 is 0. The Morgan fingerprint density at radius 3 is 2.40 bits per heavy atom. The SMILES string of the molecule is O=C(O)C1CCCN(C(c2ccccc2)c2cccc(OCc3ccccc3)c2)C1. The molecule has 1 saturated heterocycles. The molecule has 0 radical (unpaired) electrons. The van der Waals surface area contributed by atoms with Crippen molar-refractivity contribution in [2.75, 3.05) is 13.1 Å². The summed E-state index contributed by atoms with van der Waals surface area (Å²) in [4.78, 5) is 13.9. The summed E-state index contributed by atoms with van der Waals surface area (Å²) in [5.41, 5.74) is 3.42. The highest BCUT2D eigenvalue weighted by molar-refractivity contribution is 5.70. The highest BCUT2D eigenvalue weighted by Crippen LogP contribution is 2.34. The third-order valence-electron chi connectivity index (χ3n) is 5.70. The van der Waals surface area contributed by atoms with Crippen molar-refractivity contribution in [2.45, 2.75) is 25.5 Å². The smallest absolute Gasteiger partial charge is 0.307 e. The van der Waals surface area contributed by atoms with Gasteiger partial charge in [-0.1, -0.05) is 72.8 Å². The highest BCUT2D eigenvalue weighted by atomic mass is 16.5. The molecule has 0 bridgehead atoms. The van der Waals surface area contributed by atoms with Gasteiger partial charge in [0, 0.05) is 6.54 Å². The molecule has 4 nitrogen and oxygen atoms in total. The molecule has 3 aromatic carbocycles. The fourth-order valence-corrected chi connectivity index (χ4v) is 4.21. The molecule has 1 N–H and O–H groups in total. The number of piperidine rings is 1. The zero-order valence-electron chi connectivity index (χ0n) is 17.0. The van der Waals surface area contributed by atoms with Crippen LogP contribution in [0.5, 0.6) is 5.75 Å². The Morgan fingerprint density at radius 1 is 0.967 bits per heavy atom. The molecular weight excluding hydrogens is 374 g/mol. The summed E-state index contributed by atoms with van der Waals surface area (Å²) in [6.07, 6.45) is 1.64. The number of aliphatic carboxylic acids is 1. The zero-order valence-corrected chi connectivity index (χ0v) is 17.0. The second-order valence-electron chi connectivity index (χ2n) is 7.83. The third-order valence-corrected chi connectivity index (χ3v) is 5.70. The van der Waals surface area contributed by atoms with Crippen LogP contribution in [0.1, 0.15) is 35.6 Å². The van der Waals surface area contributed by atoms with Crippen LogP contribution in [0.2, 0.25) is 0 Å². The van der Waals surface area contributed by atoms with Crippen molar-refractivity contribution in [3.63, 3.8) is 0 Å². The maximum absolute atomic E-state index is 11.6. The summed E-state index contributed by atoms with van der Waals surface area (Å²) in [7, 11) is 0. The van der Waals surface area contributed by atoms with Crippen molar-refractivity contribution in [2.24, 2.45) is 5.92 Å². The van der Waals surface area contributed by atoms with Gasteiger partial charge in [-0.25, -0.2) is 0 Å². The van der Waals surface area contributed by atoms with Crippen molar-refractivity contribution in [1.29, 1.82) is 0 Å². The molecule has 30 heavy (non-hydrogen) atoms. The van der Waals surface area contributed by atoms with Gasteiger partial charge in [0.2, 0.25) is 0 Å². The number of benzene rings is 3. The topological polar surface area (TPSA) is 49.8 Å². The minimum absolute atomic E-state index is 0.00799. The Labute approximate surface area is 177 Å². The Hall–Kier alpha value is -3.11. The molecule has 1 aliphatic heterocycles. The Bertz CT molecular complexity index is 958. The van der Waals surface area contributed by atoms with Gasteiger partial charge in [-0.15, -0.1) is 0 Å². The van der Waals surface area contributed by atoms with E-state index >= 15 is 0 Å². The first-order valence-corrected chi connectivity index (χ1v) is 10.5. The Balaban J connectivity index is 1.60. The van der Waals surface area contributed by atoms with Crippen LogP contribution < -0.4 is 4.74 Å². The van der Waals surface area contributed by atoms with Gasteiger partial charge < -0.3 is 9.84 Å². The number of rotatable bonds is 7. The van der Waals surface area contributed by atoms with Crippen molar-refractivity contribution in [3.05, 3.63) is 102 Å². The number of likely N-dealkylation sites (tertiary alicyclic amines) is 1. The minimum atomic E-state index is -0.702. The lowest BCUT2D eigenvalue weighted by Crippen LogP contribution is -2.41. The van der Waals surface area contributed by atoms with Crippen LogP contribution in [-0.4, -0.2) is 29.1 Å². The van der Waals surface area contributed by atoms with Crippen LogP contribution in [0.15, 0.2) is 84.9 Å². The standard InChI is InChI=1S/C26H27NO3/c28-26(29)23-14-8-16-27(18-23)25(21-11-5-2-6-12-21)22-13-7-15-24(17-22)30-19-20-9-3-1-4-10-20/h1-7,9-13,15,17,23,25H,8,14,16,18-19H2,(H,28,29). The predicted octanol–water partition coefficient (Wildman–Crippen LogP) is 5.15. The van der Waals surface area contributed by atoms with Gasteiger partial charge in [-0.05, 0) is 48.2 Å². The normalized spacial score (nSPS) is 17.9. The first-order chi connectivity index (χ1) is 14.7. The van der Waals surface area contributed by atoms with Gasteiger partial charge >= 0.3 is 5.97 Å². The van der Waals surface area contributed by atoms with Crippen molar-refractivity contribution in [1.82, 2.24) is 4.90 Å². The molecule has 0 amide bonds. The predicted molar refractivity (Wildman–Crippen MR) is 117 cm³/mol. The van der Waals surface area contributed by atoms with Gasteiger partial charge in [-0.3, -0.25) is 9.69 Å². The van der Waals surface area contributed by atoms with E-state index in [1.807, 2.05) is 48.5 Å². The highest BCUT2D eigenvalue weighted by Gasteiger charge is 2.31. The van der Waals surface area contributed by atoms with Gasteiger partial charge in [0.25, 0.3) is 0 Å². The molecule has 1 aliphatic rings. The molecule has 1 fully saturated rings. The molecule has 1 heterocycles. The molecule has 154 valence electrons. The lowest BCUT2D eigenvalue weighted by atomic mass is 9.91. The average Bonchev–Trinajstić information content (AvgIpc) is 2.80. The number of hydrogen-bond donors (Lipinski definition) is 1. The largest absolute Gasteiger partial charge is 0.489 e. The summed E-state index contributed by atoms with van der Waals surface area (Å²) in [5.74, 6) is -0.196. The first-order valence-electron chi connectivity index (χ1n) is 10.5. The quantitative estimate of drug-likeness (QED) is 0.595. The monoisotopic (exact) mass is 401 g/mol. The number of nitrogens with zero attached hydrogens (tertiary/aromatic N) is 1. The maximum atomic E-state index is 11.6. The summed E-state index contributed by atoms with van der Waals surface area (Å²) in [6.45, 7) is 1.97. The number of ether oxygens (including phenoxy) is 1. The van der Waals surface area contributed by atoms with E-state index in [-0.39, 0.29) is 12.0 Å². The second-order valence-corrected chi connectivity index (χ2v) is 7.83. The summed E-state index contributed by atoms with van der Waals surface area (Å²) in [6, 6.07) is 28.6. The molecule has 2 unspecified atom stereocenters. The number of hydrogen-bond acceptors (Lipinski definition) is 3. The lowest BCUT2D eigenvalue weighted by molar-refractivity contribution is -0.143. The van der Waals surface area contributed by atoms with Crippen LogP contribution in [-0.2, 0) is 11.4 Å². The van der Waals surface area contributed by atoms with Gasteiger partial charge in [0.1, 0.15) is 12.4 Å². The van der Waals surface area contributed by atoms with E-state index in [0.717, 1.165) is 36.3 Å². The first kappa shape index (κ1) is 20.2. The summed E-state index contributed by atoms with van der Waals surface area (Å²) in [5, 5.41) is 9.55. The number of carbonyl (C=O) groups is 1. The van der Waals surface area contributed by atoms with Crippen molar-refractivity contribution in [3.8, 4) is 5.75 Å². The van der Waals surface area contributed by atoms with Gasteiger partial charge in [0.15, 0.2) is 0 Å². The van der Waals surface area contributed by atoms with E-state index in [4.69, 9.17) is 4.74 Å².